The molecule has 1 atom stereocenters. The number of hydrogen-bond acceptors (Lipinski definition) is 5. The molecule has 4 rings (SSSR count). The molecule has 2 aromatic carbocycles. The summed E-state index contributed by atoms with van der Waals surface area (Å²) in [6.45, 7) is 7.65. The Morgan fingerprint density at radius 2 is 1.61 bits per heavy atom. The summed E-state index contributed by atoms with van der Waals surface area (Å²) in [5, 5.41) is 1.81. The Bertz CT molecular complexity index is 955. The average molecular weight is 410 g/mol. The Labute approximate surface area is 174 Å². The summed E-state index contributed by atoms with van der Waals surface area (Å²) in [6.07, 6.45) is 0. The second kappa shape index (κ2) is 8.05. The van der Waals surface area contributed by atoms with E-state index in [0.717, 1.165) is 27.2 Å². The van der Waals surface area contributed by atoms with Crippen molar-refractivity contribution in [3.05, 3.63) is 70.1 Å². The molecule has 1 saturated heterocycles. The maximum Gasteiger partial charge on any atom is 0.269 e. The molecule has 2 aliphatic heterocycles. The third-order valence-corrected chi connectivity index (χ3v) is 7.28. The number of amides is 1. The monoisotopic (exact) mass is 409 g/mol. The Morgan fingerprint density at radius 1 is 0.929 bits per heavy atom. The zero-order valence-electron chi connectivity index (χ0n) is 16.3. The molecule has 0 N–H and O–H groups in total. The van der Waals surface area contributed by atoms with Crippen molar-refractivity contribution in [3.63, 3.8) is 0 Å². The molecule has 2 aromatic rings. The Kier molecular flexibility index (Phi) is 5.51. The Hall–Kier alpha value is -2.18. The Morgan fingerprint density at radius 3 is 2.32 bits per heavy atom. The summed E-state index contributed by atoms with van der Waals surface area (Å²) in [6, 6.07) is 18.5. The highest BCUT2D eigenvalue weighted by atomic mass is 32.2. The second-order valence-electron chi connectivity index (χ2n) is 6.60. The average Bonchev–Trinajstić information content (AvgIpc) is 3.25. The van der Waals surface area contributed by atoms with Gasteiger partial charge in [-0.2, -0.15) is 0 Å². The molecule has 0 aromatic heterocycles. The van der Waals surface area contributed by atoms with E-state index in [1.165, 1.54) is 22.3 Å². The highest BCUT2D eigenvalue weighted by Crippen LogP contribution is 2.50. The van der Waals surface area contributed by atoms with Crippen molar-refractivity contribution in [3.8, 4) is 0 Å². The van der Waals surface area contributed by atoms with Crippen molar-refractivity contribution in [2.45, 2.75) is 31.7 Å². The molecule has 4 nitrogen and oxygen atoms in total. The zero-order valence-corrected chi connectivity index (χ0v) is 17.9. The lowest BCUT2D eigenvalue weighted by molar-refractivity contribution is -0.122. The number of anilines is 1. The first kappa shape index (κ1) is 19.2. The van der Waals surface area contributed by atoms with E-state index in [2.05, 4.69) is 43.0 Å². The lowest BCUT2D eigenvalue weighted by Gasteiger charge is -2.19. The standard InChI is InChI=1S/C22H23N3OS2/c1-4-24-17-13-9-10-14-18(17)27-21(24)19-20(26)25(5-2)22(28-19)23-15(3)16-11-7-6-8-12-16/h6-15H,4-5H2,1-3H3/t15-/m0/s1. The number of amidine groups is 1. The molecule has 144 valence electrons. The van der Waals surface area contributed by atoms with E-state index in [4.69, 9.17) is 4.99 Å². The van der Waals surface area contributed by atoms with Crippen LogP contribution < -0.4 is 4.90 Å². The molecule has 1 amide bonds. The van der Waals surface area contributed by atoms with E-state index in [9.17, 15) is 4.79 Å². The molecule has 2 heterocycles. The summed E-state index contributed by atoms with van der Waals surface area (Å²) < 4.78 is 0. The maximum atomic E-state index is 13.2. The SMILES string of the molecule is CCN1C(=O)C(=C2Sc3ccccc3N2CC)SC1=N[C@@H](C)c1ccccc1. The lowest BCUT2D eigenvalue weighted by atomic mass is 10.1. The first-order chi connectivity index (χ1) is 13.6. The largest absolute Gasteiger partial charge is 0.334 e. The van der Waals surface area contributed by atoms with Gasteiger partial charge in [-0.25, -0.2) is 0 Å². The van der Waals surface area contributed by atoms with Crippen LogP contribution in [-0.4, -0.2) is 29.1 Å². The van der Waals surface area contributed by atoms with Crippen LogP contribution in [-0.2, 0) is 4.79 Å². The minimum Gasteiger partial charge on any atom is -0.334 e. The molecule has 0 aliphatic carbocycles. The number of aliphatic imine (C=N–C) groups is 1. The number of para-hydroxylation sites is 1. The number of likely N-dealkylation sites (N-methyl/N-ethyl adjacent to an activating group) is 1. The van der Waals surface area contributed by atoms with Gasteiger partial charge in [0.2, 0.25) is 0 Å². The summed E-state index contributed by atoms with van der Waals surface area (Å²) in [5.41, 5.74) is 2.33. The van der Waals surface area contributed by atoms with Gasteiger partial charge in [0.25, 0.3) is 5.91 Å². The van der Waals surface area contributed by atoms with Crippen molar-refractivity contribution in [1.82, 2.24) is 4.90 Å². The highest BCUT2D eigenvalue weighted by Gasteiger charge is 2.39. The van der Waals surface area contributed by atoms with Gasteiger partial charge in [-0.05, 0) is 50.2 Å². The molecule has 0 spiro atoms. The first-order valence-electron chi connectivity index (χ1n) is 9.55. The van der Waals surface area contributed by atoms with Gasteiger partial charge in [-0.15, -0.1) is 0 Å². The molecular formula is C22H23N3OS2. The number of benzene rings is 2. The van der Waals surface area contributed by atoms with Crippen LogP contribution in [0.15, 0.2) is 74.4 Å². The van der Waals surface area contributed by atoms with Crippen molar-refractivity contribution >= 4 is 40.3 Å². The van der Waals surface area contributed by atoms with Crippen LogP contribution in [0.1, 0.15) is 32.4 Å². The zero-order chi connectivity index (χ0) is 19.7. The van der Waals surface area contributed by atoms with E-state index >= 15 is 0 Å². The summed E-state index contributed by atoms with van der Waals surface area (Å²) in [4.78, 5) is 24.1. The predicted octanol–water partition coefficient (Wildman–Crippen LogP) is 5.50. The number of carbonyl (C=O) groups is 1. The van der Waals surface area contributed by atoms with Crippen LogP contribution in [0.3, 0.4) is 0 Å². The van der Waals surface area contributed by atoms with Crippen LogP contribution >= 0.6 is 23.5 Å². The normalized spacial score (nSPS) is 21.5. The molecule has 6 heteroatoms. The fourth-order valence-electron chi connectivity index (χ4n) is 3.40. The van der Waals surface area contributed by atoms with Crippen LogP contribution in [0.2, 0.25) is 0 Å². The number of fused-ring (bicyclic) bond motifs is 1. The molecular weight excluding hydrogens is 386 g/mol. The van der Waals surface area contributed by atoms with Gasteiger partial charge < -0.3 is 4.90 Å². The summed E-state index contributed by atoms with van der Waals surface area (Å²) in [7, 11) is 0. The van der Waals surface area contributed by atoms with Crippen molar-refractivity contribution < 1.29 is 4.79 Å². The van der Waals surface area contributed by atoms with Gasteiger partial charge in [-0.3, -0.25) is 14.7 Å². The molecule has 0 radical (unpaired) electrons. The quantitative estimate of drug-likeness (QED) is 0.625. The number of hydrogen-bond donors (Lipinski definition) is 0. The van der Waals surface area contributed by atoms with Crippen LogP contribution in [0.5, 0.6) is 0 Å². The van der Waals surface area contributed by atoms with E-state index in [-0.39, 0.29) is 11.9 Å². The third-order valence-electron chi connectivity index (χ3n) is 4.88. The number of carbonyl (C=O) groups excluding carboxylic acids is 1. The third kappa shape index (κ3) is 3.35. The van der Waals surface area contributed by atoms with Crippen LogP contribution in [0.25, 0.3) is 0 Å². The van der Waals surface area contributed by atoms with E-state index in [1.807, 2.05) is 37.3 Å². The first-order valence-corrected chi connectivity index (χ1v) is 11.2. The van der Waals surface area contributed by atoms with Gasteiger partial charge >= 0.3 is 0 Å². The van der Waals surface area contributed by atoms with Crippen LogP contribution in [0.4, 0.5) is 5.69 Å². The molecule has 0 bridgehead atoms. The smallest absolute Gasteiger partial charge is 0.269 e. The van der Waals surface area contributed by atoms with Gasteiger partial charge in [0.1, 0.15) is 9.93 Å². The molecule has 28 heavy (non-hydrogen) atoms. The predicted molar refractivity (Wildman–Crippen MR) is 120 cm³/mol. The van der Waals surface area contributed by atoms with Crippen LogP contribution in [0, 0.1) is 0 Å². The molecule has 1 fully saturated rings. The minimum atomic E-state index is 0.00519. The van der Waals surface area contributed by atoms with E-state index < -0.39 is 0 Å². The molecule has 2 aliphatic rings. The van der Waals surface area contributed by atoms with E-state index in [1.54, 1.807) is 16.7 Å². The fourth-order valence-corrected chi connectivity index (χ4v) is 5.92. The van der Waals surface area contributed by atoms with Crippen molar-refractivity contribution in [2.24, 2.45) is 4.99 Å². The Balaban J connectivity index is 1.70. The number of nitrogens with zero attached hydrogens (tertiary/aromatic N) is 3. The van der Waals surface area contributed by atoms with Crippen molar-refractivity contribution in [2.75, 3.05) is 18.0 Å². The molecule has 0 unspecified atom stereocenters. The van der Waals surface area contributed by atoms with Gasteiger partial charge in [0.05, 0.1) is 11.7 Å². The van der Waals surface area contributed by atoms with E-state index in [0.29, 0.717) is 6.54 Å². The minimum absolute atomic E-state index is 0.00519. The fraction of sp³-hybridized carbons (Fsp3) is 0.273. The summed E-state index contributed by atoms with van der Waals surface area (Å²) in [5.74, 6) is 0.0558. The lowest BCUT2D eigenvalue weighted by Crippen LogP contribution is -2.30. The molecule has 0 saturated carbocycles. The topological polar surface area (TPSA) is 35.9 Å². The highest BCUT2D eigenvalue weighted by molar-refractivity contribution is 8.19. The number of rotatable bonds is 4. The van der Waals surface area contributed by atoms with Crippen molar-refractivity contribution in [1.29, 1.82) is 0 Å². The summed E-state index contributed by atoms with van der Waals surface area (Å²) >= 11 is 3.19. The maximum absolute atomic E-state index is 13.2. The van der Waals surface area contributed by atoms with Gasteiger partial charge in [0.15, 0.2) is 5.17 Å². The number of thioether (sulfide) groups is 2. The van der Waals surface area contributed by atoms with Gasteiger partial charge in [-0.1, -0.05) is 54.2 Å². The van der Waals surface area contributed by atoms with Gasteiger partial charge in [0, 0.05) is 18.0 Å². The second-order valence-corrected chi connectivity index (χ2v) is 8.61.